The fourth-order valence-corrected chi connectivity index (χ4v) is 3.36. The molecule has 0 unspecified atom stereocenters. The van der Waals surface area contributed by atoms with Crippen LogP contribution in [0.25, 0.3) is 10.2 Å². The Kier molecular flexibility index (Phi) is 3.40. The number of carbonyl (C=O) groups is 1. The number of fused-ring (bicyclic) bond motifs is 2. The maximum atomic E-state index is 11.2. The molecule has 23 heavy (non-hydrogen) atoms. The third kappa shape index (κ3) is 2.73. The van der Waals surface area contributed by atoms with Crippen LogP contribution < -0.4 is 16.4 Å². The van der Waals surface area contributed by atoms with E-state index in [0.717, 1.165) is 35.7 Å². The maximum Gasteiger partial charge on any atom is 0.258 e. The normalized spacial score (nSPS) is 13.7. The smallest absolute Gasteiger partial charge is 0.258 e. The number of anilines is 2. The van der Waals surface area contributed by atoms with Gasteiger partial charge >= 0.3 is 0 Å². The Morgan fingerprint density at radius 2 is 2.26 bits per heavy atom. The van der Waals surface area contributed by atoms with Crippen LogP contribution in [0.5, 0.6) is 0 Å². The van der Waals surface area contributed by atoms with Gasteiger partial charge in [-0.2, -0.15) is 0 Å². The van der Waals surface area contributed by atoms with Crippen molar-refractivity contribution in [3.05, 3.63) is 40.5 Å². The molecule has 4 rings (SSSR count). The second-order valence-corrected chi connectivity index (χ2v) is 6.36. The molecule has 1 amide bonds. The Balaban J connectivity index is 1.63. The Bertz CT molecular complexity index is 906. The summed E-state index contributed by atoms with van der Waals surface area (Å²) in [6, 6.07) is 5.66. The molecule has 7 nitrogen and oxygen atoms in total. The number of primary amides is 1. The molecule has 4 N–H and O–H groups in total. The number of pyridine rings is 1. The van der Waals surface area contributed by atoms with Crippen molar-refractivity contribution in [3.8, 4) is 0 Å². The first-order valence-corrected chi connectivity index (χ1v) is 8.03. The van der Waals surface area contributed by atoms with E-state index >= 15 is 0 Å². The lowest BCUT2D eigenvalue weighted by Crippen LogP contribution is -2.24. The van der Waals surface area contributed by atoms with Crippen LogP contribution >= 0.6 is 11.3 Å². The molecule has 0 saturated carbocycles. The van der Waals surface area contributed by atoms with Crippen molar-refractivity contribution in [1.29, 1.82) is 0 Å². The summed E-state index contributed by atoms with van der Waals surface area (Å²) >= 11 is 1.29. The number of rotatable bonds is 3. The van der Waals surface area contributed by atoms with Crippen molar-refractivity contribution in [1.82, 2.24) is 20.3 Å². The molecule has 0 atom stereocenters. The zero-order valence-corrected chi connectivity index (χ0v) is 13.0. The predicted molar refractivity (Wildman–Crippen MR) is 88.9 cm³/mol. The van der Waals surface area contributed by atoms with Gasteiger partial charge in [0.2, 0.25) is 5.95 Å². The SMILES string of the molecule is NC(=O)c1cc2nc(Nc3ccc4c(n3)CCNC4)ncc2s1. The van der Waals surface area contributed by atoms with Crippen molar-refractivity contribution in [3.63, 3.8) is 0 Å². The highest BCUT2D eigenvalue weighted by atomic mass is 32.1. The third-order valence-electron chi connectivity index (χ3n) is 3.68. The summed E-state index contributed by atoms with van der Waals surface area (Å²) in [7, 11) is 0. The van der Waals surface area contributed by atoms with Gasteiger partial charge in [0.15, 0.2) is 0 Å². The van der Waals surface area contributed by atoms with Crippen molar-refractivity contribution >= 4 is 39.2 Å². The molecule has 3 aromatic rings. The summed E-state index contributed by atoms with van der Waals surface area (Å²) in [5.41, 5.74) is 8.32. The number of aromatic nitrogens is 3. The maximum absolute atomic E-state index is 11.2. The standard InChI is InChI=1S/C15H14N6OS/c16-14(22)11-5-10-12(23-11)7-18-15(20-10)21-13-2-1-8-6-17-4-3-9(8)19-13/h1-2,5,7,17H,3-4,6H2,(H2,16,22)(H,18,19,20,21). The lowest BCUT2D eigenvalue weighted by atomic mass is 10.1. The molecule has 0 radical (unpaired) electrons. The molecule has 0 fully saturated rings. The van der Waals surface area contributed by atoms with Gasteiger partial charge in [0.1, 0.15) is 5.82 Å². The number of nitrogens with zero attached hydrogens (tertiary/aromatic N) is 3. The van der Waals surface area contributed by atoms with E-state index < -0.39 is 5.91 Å². The van der Waals surface area contributed by atoms with Gasteiger partial charge in [0.25, 0.3) is 5.91 Å². The third-order valence-corrected chi connectivity index (χ3v) is 4.75. The van der Waals surface area contributed by atoms with Crippen molar-refractivity contribution < 1.29 is 4.79 Å². The molecule has 0 aliphatic carbocycles. The molecule has 1 aliphatic heterocycles. The molecule has 8 heteroatoms. The second-order valence-electron chi connectivity index (χ2n) is 5.27. The van der Waals surface area contributed by atoms with E-state index in [0.29, 0.717) is 16.3 Å². The Morgan fingerprint density at radius 3 is 3.13 bits per heavy atom. The summed E-state index contributed by atoms with van der Waals surface area (Å²) in [5.74, 6) is 0.718. The van der Waals surface area contributed by atoms with Crippen molar-refractivity contribution in [2.45, 2.75) is 13.0 Å². The summed E-state index contributed by atoms with van der Waals surface area (Å²) < 4.78 is 0.828. The lowest BCUT2D eigenvalue weighted by molar-refractivity contribution is 0.100. The molecule has 116 valence electrons. The van der Waals surface area contributed by atoms with E-state index in [1.54, 1.807) is 12.3 Å². The van der Waals surface area contributed by atoms with E-state index in [1.165, 1.54) is 16.9 Å². The molecular weight excluding hydrogens is 312 g/mol. The number of hydrogen-bond donors (Lipinski definition) is 3. The van der Waals surface area contributed by atoms with Gasteiger partial charge in [-0.15, -0.1) is 11.3 Å². The van der Waals surface area contributed by atoms with Crippen molar-refractivity contribution in [2.75, 3.05) is 11.9 Å². The highest BCUT2D eigenvalue weighted by Crippen LogP contribution is 2.25. The Morgan fingerprint density at radius 1 is 1.35 bits per heavy atom. The predicted octanol–water partition coefficient (Wildman–Crippen LogP) is 1.57. The zero-order valence-electron chi connectivity index (χ0n) is 12.2. The minimum Gasteiger partial charge on any atom is -0.365 e. The second kappa shape index (κ2) is 5.56. The Hall–Kier alpha value is -2.58. The van der Waals surface area contributed by atoms with Gasteiger partial charge in [-0.25, -0.2) is 15.0 Å². The first kappa shape index (κ1) is 14.0. The minimum atomic E-state index is -0.451. The number of hydrogen-bond acceptors (Lipinski definition) is 7. The number of nitrogens with one attached hydrogen (secondary N) is 2. The topological polar surface area (TPSA) is 106 Å². The molecule has 3 aromatic heterocycles. The molecule has 0 spiro atoms. The summed E-state index contributed by atoms with van der Waals surface area (Å²) in [5, 5.41) is 6.44. The molecular formula is C15H14N6OS. The average Bonchev–Trinajstić information content (AvgIpc) is 2.98. The summed E-state index contributed by atoms with van der Waals surface area (Å²) in [6.07, 6.45) is 2.60. The van der Waals surface area contributed by atoms with Crippen LogP contribution in [-0.2, 0) is 13.0 Å². The molecule has 0 bridgehead atoms. The van der Waals surface area contributed by atoms with E-state index in [9.17, 15) is 4.79 Å². The van der Waals surface area contributed by atoms with Gasteiger partial charge in [-0.05, 0) is 17.7 Å². The van der Waals surface area contributed by atoms with E-state index in [1.807, 2.05) is 6.07 Å². The number of carbonyl (C=O) groups excluding carboxylic acids is 1. The molecule has 0 saturated heterocycles. The van der Waals surface area contributed by atoms with Gasteiger partial charge in [-0.3, -0.25) is 4.79 Å². The highest BCUT2D eigenvalue weighted by Gasteiger charge is 2.12. The van der Waals surface area contributed by atoms with Crippen LogP contribution in [0.3, 0.4) is 0 Å². The first-order chi connectivity index (χ1) is 11.2. The van der Waals surface area contributed by atoms with Crippen LogP contribution in [0.2, 0.25) is 0 Å². The fourth-order valence-electron chi connectivity index (χ4n) is 2.54. The van der Waals surface area contributed by atoms with E-state index in [2.05, 4.69) is 31.7 Å². The van der Waals surface area contributed by atoms with Gasteiger partial charge in [-0.1, -0.05) is 6.07 Å². The van der Waals surface area contributed by atoms with Gasteiger partial charge in [0, 0.05) is 25.2 Å². The summed E-state index contributed by atoms with van der Waals surface area (Å²) in [4.78, 5) is 25.0. The Labute approximate surface area is 136 Å². The fraction of sp³-hybridized carbons (Fsp3) is 0.200. The number of thiophene rings is 1. The molecule has 0 aromatic carbocycles. The monoisotopic (exact) mass is 326 g/mol. The largest absolute Gasteiger partial charge is 0.365 e. The number of nitrogens with two attached hydrogens (primary N) is 1. The van der Waals surface area contributed by atoms with E-state index in [-0.39, 0.29) is 0 Å². The van der Waals surface area contributed by atoms with Crippen LogP contribution in [-0.4, -0.2) is 27.4 Å². The first-order valence-electron chi connectivity index (χ1n) is 7.22. The van der Waals surface area contributed by atoms with Crippen molar-refractivity contribution in [2.24, 2.45) is 5.73 Å². The van der Waals surface area contributed by atoms with Gasteiger partial charge < -0.3 is 16.4 Å². The molecule has 1 aliphatic rings. The van der Waals surface area contributed by atoms with Crippen LogP contribution in [0.4, 0.5) is 11.8 Å². The number of amides is 1. The highest BCUT2D eigenvalue weighted by molar-refractivity contribution is 7.20. The van der Waals surface area contributed by atoms with Crippen LogP contribution in [0, 0.1) is 0 Å². The lowest BCUT2D eigenvalue weighted by Gasteiger charge is -2.16. The summed E-state index contributed by atoms with van der Waals surface area (Å²) in [6.45, 7) is 1.80. The molecule has 4 heterocycles. The van der Waals surface area contributed by atoms with Gasteiger partial charge in [0.05, 0.1) is 21.3 Å². The zero-order chi connectivity index (χ0) is 15.8. The van der Waals surface area contributed by atoms with Crippen LogP contribution in [0.15, 0.2) is 24.4 Å². The average molecular weight is 326 g/mol. The minimum absolute atomic E-state index is 0.451. The van der Waals surface area contributed by atoms with E-state index in [4.69, 9.17) is 5.73 Å². The van der Waals surface area contributed by atoms with Crippen LogP contribution in [0.1, 0.15) is 20.9 Å². The quantitative estimate of drug-likeness (QED) is 0.675.